The molecule has 0 saturated heterocycles. The maximum absolute atomic E-state index is 13.8. The van der Waals surface area contributed by atoms with Gasteiger partial charge in [-0.05, 0) is 26.5 Å². The van der Waals surface area contributed by atoms with E-state index < -0.39 is 0 Å². The van der Waals surface area contributed by atoms with Gasteiger partial charge in [0.05, 0.1) is 0 Å². The van der Waals surface area contributed by atoms with Crippen molar-refractivity contribution >= 4 is 5.82 Å². The fourth-order valence-corrected chi connectivity index (χ4v) is 1.25. The highest BCUT2D eigenvalue weighted by atomic mass is 19.1. The molecule has 0 fully saturated rings. The minimum Gasteiger partial charge on any atom is -0.365 e. The minimum absolute atomic E-state index is 0.182. The summed E-state index contributed by atoms with van der Waals surface area (Å²) in [5.41, 5.74) is 0.648. The number of rotatable bonds is 5. The molecule has 0 aliphatic rings. The van der Waals surface area contributed by atoms with Gasteiger partial charge < -0.3 is 10.6 Å². The SMILES string of the molecule is CCNCc1ccnc(NC(C)C)c1F. The smallest absolute Gasteiger partial charge is 0.169 e. The van der Waals surface area contributed by atoms with Crippen molar-refractivity contribution in [1.82, 2.24) is 10.3 Å². The molecule has 84 valence electrons. The highest BCUT2D eigenvalue weighted by Crippen LogP contribution is 2.15. The topological polar surface area (TPSA) is 37.0 Å². The molecule has 0 aliphatic carbocycles. The van der Waals surface area contributed by atoms with Gasteiger partial charge in [-0.25, -0.2) is 9.37 Å². The summed E-state index contributed by atoms with van der Waals surface area (Å²) in [5.74, 6) is 0.0764. The first-order chi connectivity index (χ1) is 7.15. The van der Waals surface area contributed by atoms with E-state index in [1.807, 2.05) is 20.8 Å². The van der Waals surface area contributed by atoms with Crippen LogP contribution in [0.3, 0.4) is 0 Å². The average Bonchev–Trinajstić information content (AvgIpc) is 2.19. The summed E-state index contributed by atoms with van der Waals surface area (Å²) in [6.07, 6.45) is 1.63. The Morgan fingerprint density at radius 2 is 2.20 bits per heavy atom. The zero-order valence-corrected chi connectivity index (χ0v) is 9.47. The van der Waals surface area contributed by atoms with Crippen molar-refractivity contribution in [2.75, 3.05) is 11.9 Å². The molecule has 1 rings (SSSR count). The molecule has 15 heavy (non-hydrogen) atoms. The second kappa shape index (κ2) is 5.66. The summed E-state index contributed by atoms with van der Waals surface area (Å²) < 4.78 is 13.8. The molecule has 0 saturated carbocycles. The molecular formula is C11H18FN3. The second-order valence-corrected chi connectivity index (χ2v) is 3.71. The molecule has 0 atom stereocenters. The zero-order valence-electron chi connectivity index (χ0n) is 9.47. The number of pyridine rings is 1. The van der Waals surface area contributed by atoms with Crippen molar-refractivity contribution in [1.29, 1.82) is 0 Å². The summed E-state index contributed by atoms with van der Waals surface area (Å²) >= 11 is 0. The van der Waals surface area contributed by atoms with Crippen LogP contribution in [0, 0.1) is 5.82 Å². The van der Waals surface area contributed by atoms with Crippen molar-refractivity contribution in [2.45, 2.75) is 33.4 Å². The van der Waals surface area contributed by atoms with Crippen LogP contribution >= 0.6 is 0 Å². The van der Waals surface area contributed by atoms with E-state index in [1.165, 1.54) is 0 Å². The molecule has 0 aromatic carbocycles. The zero-order chi connectivity index (χ0) is 11.3. The van der Waals surface area contributed by atoms with Gasteiger partial charge in [0.25, 0.3) is 0 Å². The quantitative estimate of drug-likeness (QED) is 0.783. The van der Waals surface area contributed by atoms with Gasteiger partial charge in [-0.2, -0.15) is 0 Å². The molecule has 0 radical (unpaired) electrons. The lowest BCUT2D eigenvalue weighted by Crippen LogP contribution is -2.16. The molecule has 0 amide bonds. The Bertz CT molecular complexity index is 313. The average molecular weight is 211 g/mol. The number of nitrogens with one attached hydrogen (secondary N) is 2. The van der Waals surface area contributed by atoms with Gasteiger partial charge in [0.2, 0.25) is 0 Å². The van der Waals surface area contributed by atoms with Crippen LogP contribution in [0.5, 0.6) is 0 Å². The van der Waals surface area contributed by atoms with Gasteiger partial charge in [-0.15, -0.1) is 0 Å². The number of aromatic nitrogens is 1. The van der Waals surface area contributed by atoms with Crippen LogP contribution in [0.25, 0.3) is 0 Å². The number of hydrogen-bond donors (Lipinski definition) is 2. The van der Waals surface area contributed by atoms with Crippen molar-refractivity contribution in [3.05, 3.63) is 23.6 Å². The normalized spacial score (nSPS) is 10.7. The van der Waals surface area contributed by atoms with Crippen LogP contribution < -0.4 is 10.6 Å². The first kappa shape index (κ1) is 11.9. The summed E-state index contributed by atoms with van der Waals surface area (Å²) in [7, 11) is 0. The van der Waals surface area contributed by atoms with Crippen molar-refractivity contribution in [2.24, 2.45) is 0 Å². The molecule has 4 heteroatoms. The molecule has 0 aliphatic heterocycles. The second-order valence-electron chi connectivity index (χ2n) is 3.71. The predicted molar refractivity (Wildman–Crippen MR) is 60.3 cm³/mol. The Labute approximate surface area is 90.1 Å². The van der Waals surface area contributed by atoms with Gasteiger partial charge in [0, 0.05) is 24.3 Å². The Morgan fingerprint density at radius 1 is 1.47 bits per heavy atom. The lowest BCUT2D eigenvalue weighted by Gasteiger charge is -2.12. The van der Waals surface area contributed by atoms with Crippen LogP contribution in [0.1, 0.15) is 26.3 Å². The van der Waals surface area contributed by atoms with E-state index in [1.54, 1.807) is 12.3 Å². The highest BCUT2D eigenvalue weighted by molar-refractivity contribution is 5.40. The molecule has 0 spiro atoms. The molecule has 0 bridgehead atoms. The van der Waals surface area contributed by atoms with Crippen molar-refractivity contribution < 1.29 is 4.39 Å². The van der Waals surface area contributed by atoms with E-state index in [0.717, 1.165) is 6.54 Å². The molecule has 2 N–H and O–H groups in total. The highest BCUT2D eigenvalue weighted by Gasteiger charge is 2.09. The molecule has 3 nitrogen and oxygen atoms in total. The van der Waals surface area contributed by atoms with E-state index in [2.05, 4.69) is 15.6 Å². The summed E-state index contributed by atoms with van der Waals surface area (Å²) in [6.45, 7) is 7.27. The molecule has 1 aromatic rings. The minimum atomic E-state index is -0.257. The fourth-order valence-electron chi connectivity index (χ4n) is 1.25. The lowest BCUT2D eigenvalue weighted by molar-refractivity contribution is 0.588. The van der Waals surface area contributed by atoms with E-state index in [-0.39, 0.29) is 11.9 Å². The van der Waals surface area contributed by atoms with E-state index in [4.69, 9.17) is 0 Å². The Morgan fingerprint density at radius 3 is 2.80 bits per heavy atom. The Balaban J connectivity index is 2.80. The third kappa shape index (κ3) is 3.47. The van der Waals surface area contributed by atoms with Crippen molar-refractivity contribution in [3.63, 3.8) is 0 Å². The standard InChI is InChI=1S/C11H18FN3/c1-4-13-7-9-5-6-14-11(10(9)12)15-8(2)3/h5-6,8,13H,4,7H2,1-3H3,(H,14,15). The summed E-state index contributed by atoms with van der Waals surface area (Å²) in [6, 6.07) is 1.88. The Kier molecular flexibility index (Phi) is 4.49. The maximum Gasteiger partial charge on any atom is 0.169 e. The van der Waals surface area contributed by atoms with Crippen molar-refractivity contribution in [3.8, 4) is 0 Å². The first-order valence-electron chi connectivity index (χ1n) is 5.25. The molecular weight excluding hydrogens is 193 g/mol. The van der Waals surface area contributed by atoms with E-state index in [0.29, 0.717) is 17.9 Å². The van der Waals surface area contributed by atoms with Gasteiger partial charge in [-0.1, -0.05) is 6.92 Å². The first-order valence-corrected chi connectivity index (χ1v) is 5.25. The summed E-state index contributed by atoms with van der Waals surface area (Å²) in [5, 5.41) is 6.07. The molecule has 1 heterocycles. The van der Waals surface area contributed by atoms with Crippen LogP contribution in [0.15, 0.2) is 12.3 Å². The number of hydrogen-bond acceptors (Lipinski definition) is 3. The molecule has 1 aromatic heterocycles. The lowest BCUT2D eigenvalue weighted by atomic mass is 10.2. The molecule has 0 unspecified atom stereocenters. The van der Waals surface area contributed by atoms with Gasteiger partial charge in [0.15, 0.2) is 11.6 Å². The van der Waals surface area contributed by atoms with Crippen LogP contribution in [0.2, 0.25) is 0 Å². The largest absolute Gasteiger partial charge is 0.365 e. The third-order valence-corrected chi connectivity index (χ3v) is 1.96. The van der Waals surface area contributed by atoms with E-state index in [9.17, 15) is 4.39 Å². The van der Waals surface area contributed by atoms with Crippen LogP contribution in [-0.4, -0.2) is 17.6 Å². The number of halogens is 1. The van der Waals surface area contributed by atoms with Gasteiger partial charge >= 0.3 is 0 Å². The fraction of sp³-hybridized carbons (Fsp3) is 0.545. The monoisotopic (exact) mass is 211 g/mol. The maximum atomic E-state index is 13.8. The Hall–Kier alpha value is -1.16. The predicted octanol–water partition coefficient (Wildman–Crippen LogP) is 2.15. The summed E-state index contributed by atoms with van der Waals surface area (Å²) in [4.78, 5) is 3.97. The number of nitrogens with zero attached hydrogens (tertiary/aromatic N) is 1. The van der Waals surface area contributed by atoms with Crippen LogP contribution in [-0.2, 0) is 6.54 Å². The van der Waals surface area contributed by atoms with Gasteiger partial charge in [-0.3, -0.25) is 0 Å². The third-order valence-electron chi connectivity index (χ3n) is 1.96. The van der Waals surface area contributed by atoms with Gasteiger partial charge in [0.1, 0.15) is 0 Å². The van der Waals surface area contributed by atoms with Crippen LogP contribution in [0.4, 0.5) is 10.2 Å². The number of anilines is 1. The van der Waals surface area contributed by atoms with E-state index >= 15 is 0 Å².